The van der Waals surface area contributed by atoms with Gasteiger partial charge in [-0.2, -0.15) is 0 Å². The van der Waals surface area contributed by atoms with Crippen LogP contribution in [0.15, 0.2) is 18.2 Å². The maximum absolute atomic E-state index is 6.38. The molecule has 1 fully saturated rings. The summed E-state index contributed by atoms with van der Waals surface area (Å²) in [5.41, 5.74) is 1.88. The Hall–Kier alpha value is -0.240. The molecule has 21 heavy (non-hydrogen) atoms. The van der Waals surface area contributed by atoms with Gasteiger partial charge in [-0.15, -0.1) is 0 Å². The van der Waals surface area contributed by atoms with Gasteiger partial charge in [0, 0.05) is 6.04 Å². The first-order valence-corrected chi connectivity index (χ1v) is 8.65. The van der Waals surface area contributed by atoms with E-state index in [9.17, 15) is 0 Å². The Labute approximate surface area is 139 Å². The Morgan fingerprint density at radius 1 is 1.14 bits per heavy atom. The summed E-state index contributed by atoms with van der Waals surface area (Å²) in [6.07, 6.45) is 2.09. The predicted octanol–water partition coefficient (Wildman–Crippen LogP) is 5.59. The van der Waals surface area contributed by atoms with Gasteiger partial charge in [0.2, 0.25) is 0 Å². The van der Waals surface area contributed by atoms with Gasteiger partial charge in [-0.1, -0.05) is 70.0 Å². The van der Waals surface area contributed by atoms with Gasteiger partial charge in [0.25, 0.3) is 0 Å². The van der Waals surface area contributed by atoms with Crippen LogP contribution in [0.2, 0.25) is 10.0 Å². The van der Waals surface area contributed by atoms with E-state index >= 15 is 0 Å². The van der Waals surface area contributed by atoms with Crippen molar-refractivity contribution in [2.24, 2.45) is 16.7 Å². The second-order valence-electron chi connectivity index (χ2n) is 7.40. The molecule has 0 amide bonds. The topological polar surface area (TPSA) is 12.0 Å². The van der Waals surface area contributed by atoms with Crippen molar-refractivity contribution >= 4 is 23.2 Å². The fraction of sp³-hybridized carbons (Fsp3) is 0.667. The van der Waals surface area contributed by atoms with Crippen molar-refractivity contribution in [3.8, 4) is 0 Å². The fourth-order valence-electron chi connectivity index (χ4n) is 3.83. The molecule has 118 valence electrons. The van der Waals surface area contributed by atoms with Gasteiger partial charge in [-0.25, -0.2) is 0 Å². The molecule has 0 spiro atoms. The van der Waals surface area contributed by atoms with Crippen molar-refractivity contribution in [2.75, 3.05) is 6.54 Å². The molecular formula is C18H27Cl2N. The zero-order valence-electron chi connectivity index (χ0n) is 13.8. The van der Waals surface area contributed by atoms with Crippen molar-refractivity contribution in [3.63, 3.8) is 0 Å². The van der Waals surface area contributed by atoms with Crippen molar-refractivity contribution in [2.45, 2.75) is 53.5 Å². The minimum atomic E-state index is 0.365. The quantitative estimate of drug-likeness (QED) is 0.718. The third-order valence-electron chi connectivity index (χ3n) is 5.66. The van der Waals surface area contributed by atoms with Crippen LogP contribution in [0.5, 0.6) is 0 Å². The first-order valence-electron chi connectivity index (χ1n) is 7.89. The Kier molecular flexibility index (Phi) is 4.97. The summed E-state index contributed by atoms with van der Waals surface area (Å²) in [5, 5.41) is 5.09. The van der Waals surface area contributed by atoms with Gasteiger partial charge in [0.05, 0.1) is 10.0 Å². The maximum atomic E-state index is 6.38. The van der Waals surface area contributed by atoms with E-state index in [2.05, 4.69) is 46.0 Å². The summed E-state index contributed by atoms with van der Waals surface area (Å²) in [6, 6.07) is 6.39. The third-order valence-corrected chi connectivity index (χ3v) is 6.52. The number of rotatable bonds is 6. The highest BCUT2D eigenvalue weighted by atomic mass is 35.5. The lowest BCUT2D eigenvalue weighted by Gasteiger charge is -2.22. The van der Waals surface area contributed by atoms with E-state index in [1.165, 1.54) is 0 Å². The Bertz CT molecular complexity index is 494. The molecule has 1 aromatic carbocycles. The molecule has 0 aliphatic heterocycles. The summed E-state index contributed by atoms with van der Waals surface area (Å²) in [5.74, 6) is 0.659. The molecular weight excluding hydrogens is 301 g/mol. The molecule has 1 aromatic rings. The van der Waals surface area contributed by atoms with Gasteiger partial charge in [0.15, 0.2) is 0 Å². The van der Waals surface area contributed by atoms with Gasteiger partial charge in [-0.05, 0) is 47.8 Å². The predicted molar refractivity (Wildman–Crippen MR) is 93.3 cm³/mol. The van der Waals surface area contributed by atoms with Crippen molar-refractivity contribution in [1.82, 2.24) is 5.32 Å². The third kappa shape index (κ3) is 3.11. The standard InChI is InChI=1S/C18H27Cl2N/c1-6-10-21-14(16-17(2,3)18(16,4)5)11-12-8-7-9-13(19)15(12)20/h7-9,14,16,21H,6,10-11H2,1-5H3. The highest BCUT2D eigenvalue weighted by Crippen LogP contribution is 2.69. The number of hydrogen-bond acceptors (Lipinski definition) is 1. The van der Waals surface area contributed by atoms with Crippen molar-refractivity contribution in [1.29, 1.82) is 0 Å². The number of benzene rings is 1. The molecule has 0 saturated heterocycles. The summed E-state index contributed by atoms with van der Waals surface area (Å²) in [7, 11) is 0. The minimum Gasteiger partial charge on any atom is -0.313 e. The highest BCUT2D eigenvalue weighted by Gasteiger charge is 2.66. The molecule has 1 saturated carbocycles. The van der Waals surface area contributed by atoms with Crippen molar-refractivity contribution in [3.05, 3.63) is 33.8 Å². The zero-order valence-corrected chi connectivity index (χ0v) is 15.3. The molecule has 1 aliphatic rings. The lowest BCUT2D eigenvalue weighted by atomic mass is 9.96. The van der Waals surface area contributed by atoms with Crippen LogP contribution < -0.4 is 5.32 Å². The van der Waals surface area contributed by atoms with Crippen LogP contribution in [-0.4, -0.2) is 12.6 Å². The van der Waals surface area contributed by atoms with E-state index < -0.39 is 0 Å². The molecule has 3 heteroatoms. The van der Waals surface area contributed by atoms with Crippen molar-refractivity contribution < 1.29 is 0 Å². The lowest BCUT2D eigenvalue weighted by molar-refractivity contribution is 0.395. The highest BCUT2D eigenvalue weighted by molar-refractivity contribution is 6.42. The summed E-state index contributed by atoms with van der Waals surface area (Å²) in [4.78, 5) is 0. The number of nitrogens with one attached hydrogen (secondary N) is 1. The normalized spacial score (nSPS) is 21.3. The smallest absolute Gasteiger partial charge is 0.0624 e. The van der Waals surface area contributed by atoms with E-state index in [4.69, 9.17) is 23.2 Å². The molecule has 0 heterocycles. The average Bonchev–Trinajstić information content (AvgIpc) is 2.81. The first-order chi connectivity index (χ1) is 9.73. The molecule has 2 rings (SSSR count). The van der Waals surface area contributed by atoms with E-state index in [0.717, 1.165) is 24.9 Å². The van der Waals surface area contributed by atoms with Crippen LogP contribution in [-0.2, 0) is 6.42 Å². The van der Waals surface area contributed by atoms with E-state index in [1.54, 1.807) is 0 Å². The molecule has 0 aromatic heterocycles. The second kappa shape index (κ2) is 6.10. The Morgan fingerprint density at radius 3 is 2.29 bits per heavy atom. The Morgan fingerprint density at radius 2 is 1.76 bits per heavy atom. The molecule has 0 bridgehead atoms. The SMILES string of the molecule is CCCNC(Cc1cccc(Cl)c1Cl)C1C(C)(C)C1(C)C. The molecule has 1 aliphatic carbocycles. The largest absolute Gasteiger partial charge is 0.313 e. The molecule has 1 N–H and O–H groups in total. The first kappa shape index (κ1) is 17.1. The van der Waals surface area contributed by atoms with Crippen LogP contribution in [0.3, 0.4) is 0 Å². The van der Waals surface area contributed by atoms with Crippen LogP contribution in [0, 0.1) is 16.7 Å². The van der Waals surface area contributed by atoms with Crippen LogP contribution >= 0.6 is 23.2 Å². The van der Waals surface area contributed by atoms with Crippen LogP contribution in [0.25, 0.3) is 0 Å². The van der Waals surface area contributed by atoms with E-state index in [0.29, 0.717) is 32.8 Å². The summed E-state index contributed by atoms with van der Waals surface area (Å²) >= 11 is 12.5. The van der Waals surface area contributed by atoms with Gasteiger partial charge in [-0.3, -0.25) is 0 Å². The summed E-state index contributed by atoms with van der Waals surface area (Å²) in [6.45, 7) is 12.7. The van der Waals surface area contributed by atoms with E-state index in [-0.39, 0.29) is 0 Å². The second-order valence-corrected chi connectivity index (χ2v) is 8.18. The van der Waals surface area contributed by atoms with Crippen LogP contribution in [0.1, 0.15) is 46.6 Å². The zero-order chi connectivity index (χ0) is 15.8. The number of hydrogen-bond donors (Lipinski definition) is 1. The Balaban J connectivity index is 2.20. The van der Waals surface area contributed by atoms with Crippen LogP contribution in [0.4, 0.5) is 0 Å². The van der Waals surface area contributed by atoms with Gasteiger partial charge < -0.3 is 5.32 Å². The molecule has 0 radical (unpaired) electrons. The minimum absolute atomic E-state index is 0.365. The van der Waals surface area contributed by atoms with Gasteiger partial charge in [0.1, 0.15) is 0 Å². The maximum Gasteiger partial charge on any atom is 0.0624 e. The number of halogens is 2. The summed E-state index contributed by atoms with van der Waals surface area (Å²) < 4.78 is 0. The fourth-order valence-corrected chi connectivity index (χ4v) is 4.23. The molecule has 1 nitrogen and oxygen atoms in total. The lowest BCUT2D eigenvalue weighted by Crippen LogP contribution is -2.36. The molecule has 1 atom stereocenters. The average molecular weight is 328 g/mol. The molecule has 1 unspecified atom stereocenters. The monoisotopic (exact) mass is 327 g/mol. The van der Waals surface area contributed by atoms with E-state index in [1.807, 2.05) is 12.1 Å². The van der Waals surface area contributed by atoms with Gasteiger partial charge >= 0.3 is 0 Å².